The number of rotatable bonds is 6. The Bertz CT molecular complexity index is 1230. The summed E-state index contributed by atoms with van der Waals surface area (Å²) in [6.07, 6.45) is 0.706. The van der Waals surface area contributed by atoms with Crippen molar-refractivity contribution in [2.45, 2.75) is 19.4 Å². The molecule has 2 aromatic heterocycles. The molecular weight excluding hydrogens is 441 g/mol. The van der Waals surface area contributed by atoms with Crippen molar-refractivity contribution >= 4 is 22.0 Å². The molecule has 9 heteroatoms. The molecule has 0 radical (unpaired) electrons. The molecule has 3 heterocycles. The van der Waals surface area contributed by atoms with Gasteiger partial charge in [-0.3, -0.25) is 4.90 Å². The average molecular weight is 468 g/mol. The van der Waals surface area contributed by atoms with Crippen LogP contribution in [0.2, 0.25) is 0 Å². The Kier molecular flexibility index (Phi) is 5.90. The number of fused-ring (bicyclic) bond motifs is 1. The third-order valence-electron chi connectivity index (χ3n) is 6.11. The molecule has 0 aliphatic carbocycles. The molecule has 0 unspecified atom stereocenters. The lowest BCUT2D eigenvalue weighted by Crippen LogP contribution is -2.47. The number of methoxy groups -OCH3 is 1. The lowest BCUT2D eigenvalue weighted by atomic mass is 10.0. The molecule has 1 fully saturated rings. The van der Waals surface area contributed by atoms with Gasteiger partial charge in [0.2, 0.25) is 10.8 Å². The standard InChI is InChI=1S/C24H26FN5O2S/c1-3-20-26-24-30(27-20)23(31)22(33-24)21(16-4-6-17(25)7-5-16)29-14-12-28(13-15-29)18-8-10-19(32-2)11-9-18/h4-11,21,31H,3,12-15H2,1-2H3/t21-/m1/s1. The normalized spacial score (nSPS) is 15.8. The molecule has 33 heavy (non-hydrogen) atoms. The number of benzene rings is 2. The maximum Gasteiger partial charge on any atom is 0.230 e. The summed E-state index contributed by atoms with van der Waals surface area (Å²) in [7, 11) is 1.67. The highest BCUT2D eigenvalue weighted by Gasteiger charge is 2.32. The van der Waals surface area contributed by atoms with E-state index in [0.29, 0.717) is 17.2 Å². The number of hydrogen-bond donors (Lipinski definition) is 1. The van der Waals surface area contributed by atoms with Gasteiger partial charge in [-0.25, -0.2) is 9.37 Å². The summed E-state index contributed by atoms with van der Waals surface area (Å²) in [5, 5.41) is 15.5. The molecule has 1 aliphatic heterocycles. The van der Waals surface area contributed by atoms with E-state index in [4.69, 9.17) is 4.74 Å². The van der Waals surface area contributed by atoms with Gasteiger partial charge in [0, 0.05) is 38.3 Å². The second-order valence-corrected chi connectivity index (χ2v) is 9.05. The number of thiazole rings is 1. The molecule has 0 spiro atoms. The van der Waals surface area contributed by atoms with Gasteiger partial charge in [-0.2, -0.15) is 4.52 Å². The van der Waals surface area contributed by atoms with Crippen molar-refractivity contribution in [3.63, 3.8) is 0 Å². The average Bonchev–Trinajstić information content (AvgIpc) is 3.40. The number of halogens is 1. The van der Waals surface area contributed by atoms with Crippen LogP contribution in [0, 0.1) is 5.82 Å². The minimum Gasteiger partial charge on any atom is -0.497 e. The molecule has 1 aliphatic rings. The number of anilines is 1. The molecule has 7 nitrogen and oxygen atoms in total. The van der Waals surface area contributed by atoms with Crippen LogP contribution in [-0.2, 0) is 6.42 Å². The van der Waals surface area contributed by atoms with Crippen LogP contribution in [0.25, 0.3) is 4.96 Å². The van der Waals surface area contributed by atoms with Gasteiger partial charge in [-0.1, -0.05) is 30.4 Å². The molecular formula is C24H26FN5O2S. The summed E-state index contributed by atoms with van der Waals surface area (Å²) >= 11 is 1.44. The Labute approximate surface area is 195 Å². The highest BCUT2D eigenvalue weighted by Crippen LogP contribution is 2.40. The summed E-state index contributed by atoms with van der Waals surface area (Å²) < 4.78 is 20.5. The Balaban J connectivity index is 1.44. The van der Waals surface area contributed by atoms with Gasteiger partial charge in [0.25, 0.3) is 0 Å². The predicted octanol–water partition coefficient (Wildman–Crippen LogP) is 4.12. The fourth-order valence-corrected chi connectivity index (χ4v) is 5.46. The zero-order valence-electron chi connectivity index (χ0n) is 18.6. The van der Waals surface area contributed by atoms with Gasteiger partial charge in [0.1, 0.15) is 11.6 Å². The van der Waals surface area contributed by atoms with Crippen molar-refractivity contribution in [1.29, 1.82) is 0 Å². The van der Waals surface area contributed by atoms with E-state index in [-0.39, 0.29) is 17.7 Å². The molecule has 4 aromatic rings. The quantitative estimate of drug-likeness (QED) is 0.460. The van der Waals surface area contributed by atoms with Crippen LogP contribution in [0.5, 0.6) is 11.6 Å². The lowest BCUT2D eigenvalue weighted by Gasteiger charge is -2.40. The van der Waals surface area contributed by atoms with Crippen molar-refractivity contribution in [2.24, 2.45) is 0 Å². The SMILES string of the molecule is CCc1nc2sc([C@@H](c3ccc(F)cc3)N3CCN(c4ccc(OC)cc4)CC3)c(O)n2n1. The van der Waals surface area contributed by atoms with Crippen LogP contribution in [0.15, 0.2) is 48.5 Å². The molecule has 2 aromatic carbocycles. The third-order valence-corrected chi connectivity index (χ3v) is 7.18. The van der Waals surface area contributed by atoms with E-state index >= 15 is 0 Å². The number of aromatic hydroxyl groups is 1. The van der Waals surface area contributed by atoms with E-state index in [1.165, 1.54) is 28.0 Å². The molecule has 0 saturated carbocycles. The van der Waals surface area contributed by atoms with E-state index in [0.717, 1.165) is 48.1 Å². The van der Waals surface area contributed by atoms with Crippen LogP contribution >= 0.6 is 11.3 Å². The molecule has 0 amide bonds. The number of hydrogen-bond acceptors (Lipinski definition) is 7. The Morgan fingerprint density at radius 2 is 1.76 bits per heavy atom. The topological polar surface area (TPSA) is 66.1 Å². The van der Waals surface area contributed by atoms with Crippen LogP contribution in [0.3, 0.4) is 0 Å². The van der Waals surface area contributed by atoms with Gasteiger partial charge in [0.05, 0.1) is 18.0 Å². The summed E-state index contributed by atoms with van der Waals surface area (Å²) in [5.41, 5.74) is 2.09. The summed E-state index contributed by atoms with van der Waals surface area (Å²) in [4.78, 5) is 10.6. The second-order valence-electron chi connectivity index (χ2n) is 8.04. The third kappa shape index (κ3) is 4.14. The van der Waals surface area contributed by atoms with Gasteiger partial charge in [-0.15, -0.1) is 5.10 Å². The fourth-order valence-electron chi connectivity index (χ4n) is 4.32. The van der Waals surface area contributed by atoms with Crippen molar-refractivity contribution in [3.8, 4) is 11.6 Å². The largest absolute Gasteiger partial charge is 0.497 e. The van der Waals surface area contributed by atoms with Crippen LogP contribution in [0.4, 0.5) is 10.1 Å². The smallest absolute Gasteiger partial charge is 0.230 e. The van der Waals surface area contributed by atoms with Crippen molar-refractivity contribution in [1.82, 2.24) is 19.5 Å². The fraction of sp³-hybridized carbons (Fsp3) is 0.333. The number of aromatic nitrogens is 3. The summed E-state index contributed by atoms with van der Waals surface area (Å²) in [5.74, 6) is 1.37. The number of piperazine rings is 1. The Hall–Kier alpha value is -3.17. The molecule has 1 atom stereocenters. The summed E-state index contributed by atoms with van der Waals surface area (Å²) in [6, 6.07) is 14.4. The van der Waals surface area contributed by atoms with E-state index in [9.17, 15) is 9.50 Å². The van der Waals surface area contributed by atoms with Gasteiger partial charge in [0.15, 0.2) is 5.82 Å². The monoisotopic (exact) mass is 467 g/mol. The maximum atomic E-state index is 13.7. The predicted molar refractivity (Wildman–Crippen MR) is 127 cm³/mol. The minimum atomic E-state index is -0.277. The Morgan fingerprint density at radius 3 is 2.36 bits per heavy atom. The highest BCUT2D eigenvalue weighted by molar-refractivity contribution is 7.17. The Morgan fingerprint density at radius 1 is 1.06 bits per heavy atom. The zero-order valence-corrected chi connectivity index (χ0v) is 19.4. The summed E-state index contributed by atoms with van der Waals surface area (Å²) in [6.45, 7) is 5.25. The lowest BCUT2D eigenvalue weighted by molar-refractivity contribution is 0.211. The minimum absolute atomic E-state index is 0.106. The van der Waals surface area contributed by atoms with Crippen LogP contribution < -0.4 is 9.64 Å². The van der Waals surface area contributed by atoms with Gasteiger partial charge in [-0.05, 0) is 42.0 Å². The first-order valence-corrected chi connectivity index (χ1v) is 11.8. The first kappa shape index (κ1) is 21.7. The highest BCUT2D eigenvalue weighted by atomic mass is 32.1. The van der Waals surface area contributed by atoms with Crippen molar-refractivity contribution in [3.05, 3.63) is 70.6 Å². The van der Waals surface area contributed by atoms with Gasteiger partial charge < -0.3 is 14.7 Å². The first-order chi connectivity index (χ1) is 16.1. The van der Waals surface area contributed by atoms with Crippen LogP contribution in [0.1, 0.15) is 29.2 Å². The maximum absolute atomic E-state index is 13.7. The molecule has 172 valence electrons. The first-order valence-electron chi connectivity index (χ1n) is 11.0. The van der Waals surface area contributed by atoms with Crippen molar-refractivity contribution < 1.29 is 14.2 Å². The molecule has 1 N–H and O–H groups in total. The van der Waals surface area contributed by atoms with E-state index in [1.807, 2.05) is 19.1 Å². The van der Waals surface area contributed by atoms with E-state index in [1.54, 1.807) is 19.2 Å². The second kappa shape index (κ2) is 8.99. The number of ether oxygens (including phenoxy) is 1. The molecule has 0 bridgehead atoms. The van der Waals surface area contributed by atoms with E-state index < -0.39 is 0 Å². The zero-order chi connectivity index (χ0) is 22.9. The molecule has 5 rings (SSSR count). The van der Waals surface area contributed by atoms with Gasteiger partial charge >= 0.3 is 0 Å². The van der Waals surface area contributed by atoms with Crippen molar-refractivity contribution in [2.75, 3.05) is 38.2 Å². The van der Waals surface area contributed by atoms with E-state index in [2.05, 4.69) is 32.0 Å². The number of aryl methyl sites for hydroxylation is 1. The van der Waals surface area contributed by atoms with Crippen LogP contribution in [-0.4, -0.2) is 57.9 Å². The molecule has 1 saturated heterocycles. The number of nitrogens with zero attached hydrogens (tertiary/aromatic N) is 5.